The molecule has 1 unspecified atom stereocenters. The molecule has 0 fully saturated rings. The summed E-state index contributed by atoms with van der Waals surface area (Å²) in [6.07, 6.45) is 0.530. The number of nitrogens with zero attached hydrogens (tertiary/aromatic N) is 1. The number of primary amides is 1. The van der Waals surface area contributed by atoms with Gasteiger partial charge in [0.2, 0.25) is 5.91 Å². The van der Waals surface area contributed by atoms with Crippen molar-refractivity contribution in [3.05, 3.63) is 36.4 Å². The smallest absolute Gasteiger partial charge is 0.239 e. The monoisotopic (exact) mass is 444 g/mol. The molecule has 1 heterocycles. The maximum absolute atomic E-state index is 12.8. The molecule has 2 aromatic carbocycles. The van der Waals surface area contributed by atoms with Crippen molar-refractivity contribution in [3.8, 4) is 0 Å². The molecule has 3 aromatic rings. The molecule has 7 nitrogen and oxygen atoms in total. The number of amides is 1. The van der Waals surface area contributed by atoms with E-state index in [-0.39, 0.29) is 5.92 Å². The van der Waals surface area contributed by atoms with Crippen LogP contribution >= 0.6 is 0 Å². The third-order valence-corrected chi connectivity index (χ3v) is 6.50. The molecule has 0 saturated heterocycles. The molecule has 0 aliphatic carbocycles. The molecule has 8 heteroatoms. The standard InChI is InChI=1S/C23H32N4O3S/c1-5-27(4)11-10-25-16-6-8-18-19-14-17(7-9-21(19)30-22(18)13-16)31(29)26-20(23(24)28)12-15(2)3/h6-9,13-15,20,25-26H,5,10-12H2,1-4H3,(H2,24,28)/t20-,31?/m0/s1. The molecule has 2 atom stereocenters. The van der Waals surface area contributed by atoms with Gasteiger partial charge in [-0.3, -0.25) is 4.79 Å². The number of carbonyl (C=O) groups excluding carboxylic acids is 1. The van der Waals surface area contributed by atoms with Crippen molar-refractivity contribution in [1.82, 2.24) is 9.62 Å². The first kappa shape index (κ1) is 23.4. The minimum absolute atomic E-state index is 0.257. The van der Waals surface area contributed by atoms with E-state index in [0.29, 0.717) is 11.3 Å². The van der Waals surface area contributed by atoms with Gasteiger partial charge < -0.3 is 24.9 Å². The zero-order valence-corrected chi connectivity index (χ0v) is 19.4. The van der Waals surface area contributed by atoms with E-state index >= 15 is 0 Å². The van der Waals surface area contributed by atoms with Crippen LogP contribution in [0.3, 0.4) is 0 Å². The number of rotatable bonds is 11. The third kappa shape index (κ3) is 5.92. The molecule has 0 saturated carbocycles. The lowest BCUT2D eigenvalue weighted by atomic mass is 10.0. The number of fused-ring (bicyclic) bond motifs is 3. The molecule has 4 N–H and O–H groups in total. The summed E-state index contributed by atoms with van der Waals surface area (Å²) >= 11 is -1.56. The van der Waals surface area contributed by atoms with Crippen LogP contribution < -0.4 is 15.8 Å². The first-order valence-corrected chi connectivity index (χ1v) is 11.8. The first-order chi connectivity index (χ1) is 14.8. The van der Waals surface area contributed by atoms with E-state index in [1.807, 2.05) is 44.2 Å². The Bertz CT molecular complexity index is 1040. The van der Waals surface area contributed by atoms with Gasteiger partial charge in [-0.15, -0.1) is 4.72 Å². The lowest BCUT2D eigenvalue weighted by molar-refractivity contribution is -0.119. The number of hydrogen-bond donors (Lipinski definition) is 3. The molecule has 31 heavy (non-hydrogen) atoms. The normalized spacial score (nSPS) is 13.9. The van der Waals surface area contributed by atoms with Crippen LogP contribution in [0.2, 0.25) is 0 Å². The lowest BCUT2D eigenvalue weighted by Crippen LogP contribution is -2.45. The van der Waals surface area contributed by atoms with Crippen molar-refractivity contribution in [1.29, 1.82) is 0 Å². The fourth-order valence-corrected chi connectivity index (χ4v) is 4.45. The van der Waals surface area contributed by atoms with Gasteiger partial charge in [0.05, 0.1) is 11.4 Å². The van der Waals surface area contributed by atoms with Crippen molar-refractivity contribution >= 4 is 44.9 Å². The Balaban J connectivity index is 1.79. The maximum Gasteiger partial charge on any atom is 0.239 e. The van der Waals surface area contributed by atoms with Crippen LogP contribution in [0.15, 0.2) is 45.7 Å². The molecule has 1 aromatic heterocycles. The summed E-state index contributed by atoms with van der Waals surface area (Å²) in [4.78, 5) is 14.5. The van der Waals surface area contributed by atoms with Gasteiger partial charge in [0.15, 0.2) is 4.90 Å². The van der Waals surface area contributed by atoms with Crippen molar-refractivity contribution in [2.75, 3.05) is 32.0 Å². The van der Waals surface area contributed by atoms with Gasteiger partial charge in [-0.1, -0.05) is 20.8 Å². The Hall–Kier alpha value is -2.26. The van der Waals surface area contributed by atoms with Crippen LogP contribution in [0.1, 0.15) is 27.2 Å². The average Bonchev–Trinajstić information content (AvgIpc) is 3.09. The van der Waals surface area contributed by atoms with E-state index in [0.717, 1.165) is 47.3 Å². The molecule has 0 bridgehead atoms. The van der Waals surface area contributed by atoms with Gasteiger partial charge in [-0.25, -0.2) is 0 Å². The summed E-state index contributed by atoms with van der Waals surface area (Å²) < 4.78 is 21.7. The number of benzene rings is 2. The second-order valence-electron chi connectivity index (χ2n) is 8.26. The molecule has 0 spiro atoms. The number of anilines is 1. The minimum Gasteiger partial charge on any atom is -0.593 e. The van der Waals surface area contributed by atoms with Crippen LogP contribution in [0, 0.1) is 5.92 Å². The fourth-order valence-electron chi connectivity index (χ4n) is 3.42. The Morgan fingerprint density at radius 2 is 1.97 bits per heavy atom. The van der Waals surface area contributed by atoms with Gasteiger partial charge >= 0.3 is 0 Å². The van der Waals surface area contributed by atoms with E-state index in [1.165, 1.54) is 0 Å². The SMILES string of the molecule is CCN(C)CCNc1ccc2c(c1)oc1ccc([S+]([O-])N[C@@H](CC(C)C)C(N)=O)cc12. The topological polar surface area (TPSA) is 107 Å². The molecular weight excluding hydrogens is 412 g/mol. The highest BCUT2D eigenvalue weighted by molar-refractivity contribution is 7.89. The van der Waals surface area contributed by atoms with Gasteiger partial charge in [-0.2, -0.15) is 0 Å². The molecule has 1 amide bonds. The predicted octanol–water partition coefficient (Wildman–Crippen LogP) is 3.46. The number of likely N-dealkylation sites (N-methyl/N-ethyl adjacent to an activating group) is 1. The molecule has 3 rings (SSSR count). The van der Waals surface area contributed by atoms with Gasteiger partial charge in [0.25, 0.3) is 0 Å². The van der Waals surface area contributed by atoms with E-state index in [2.05, 4.69) is 28.9 Å². The summed E-state index contributed by atoms with van der Waals surface area (Å²) in [5, 5.41) is 5.27. The Kier molecular flexibility index (Phi) is 7.83. The van der Waals surface area contributed by atoms with Crippen LogP contribution in [-0.4, -0.2) is 48.1 Å². The molecule has 0 aliphatic heterocycles. The summed E-state index contributed by atoms with van der Waals surface area (Å²) in [7, 11) is 2.09. The van der Waals surface area contributed by atoms with Crippen LogP contribution in [0.4, 0.5) is 5.69 Å². The van der Waals surface area contributed by atoms with E-state index in [9.17, 15) is 9.35 Å². The quantitative estimate of drug-likeness (QED) is 0.391. The Morgan fingerprint density at radius 1 is 1.19 bits per heavy atom. The van der Waals surface area contributed by atoms with Gasteiger partial charge in [0, 0.05) is 41.7 Å². The maximum atomic E-state index is 12.8. The van der Waals surface area contributed by atoms with E-state index in [4.69, 9.17) is 10.2 Å². The Labute approximate surface area is 186 Å². The summed E-state index contributed by atoms with van der Waals surface area (Å²) in [5.41, 5.74) is 7.97. The number of nitrogens with one attached hydrogen (secondary N) is 2. The lowest BCUT2D eigenvalue weighted by Gasteiger charge is -2.18. The first-order valence-electron chi connectivity index (χ1n) is 10.6. The van der Waals surface area contributed by atoms with Gasteiger partial charge in [0.1, 0.15) is 17.2 Å². The number of furan rings is 1. The fraction of sp³-hybridized carbons (Fsp3) is 0.435. The molecular formula is C23H32N4O3S. The minimum atomic E-state index is -1.56. The summed E-state index contributed by atoms with van der Waals surface area (Å²) in [6, 6.07) is 10.8. The van der Waals surface area contributed by atoms with Crippen molar-refractivity contribution < 1.29 is 13.8 Å². The third-order valence-electron chi connectivity index (χ3n) is 5.32. The average molecular weight is 445 g/mol. The van der Waals surface area contributed by atoms with Crippen molar-refractivity contribution in [2.45, 2.75) is 38.1 Å². The zero-order chi connectivity index (χ0) is 22.5. The van der Waals surface area contributed by atoms with Crippen molar-refractivity contribution in [3.63, 3.8) is 0 Å². The molecule has 0 aliphatic rings. The number of hydrogen-bond acceptors (Lipinski definition) is 6. The zero-order valence-electron chi connectivity index (χ0n) is 18.6. The summed E-state index contributed by atoms with van der Waals surface area (Å²) in [5.74, 6) is -0.241. The molecule has 0 radical (unpaired) electrons. The highest BCUT2D eigenvalue weighted by Crippen LogP contribution is 2.32. The van der Waals surface area contributed by atoms with Crippen LogP contribution in [0.25, 0.3) is 21.9 Å². The van der Waals surface area contributed by atoms with E-state index < -0.39 is 23.3 Å². The second-order valence-corrected chi connectivity index (χ2v) is 9.51. The summed E-state index contributed by atoms with van der Waals surface area (Å²) in [6.45, 7) is 8.95. The van der Waals surface area contributed by atoms with Crippen molar-refractivity contribution in [2.24, 2.45) is 11.7 Å². The van der Waals surface area contributed by atoms with Gasteiger partial charge in [-0.05, 0) is 50.2 Å². The highest BCUT2D eigenvalue weighted by Gasteiger charge is 2.25. The highest BCUT2D eigenvalue weighted by atomic mass is 32.2. The second kappa shape index (κ2) is 10.4. The number of nitrogens with two attached hydrogens (primary N) is 1. The number of carbonyl (C=O) groups is 1. The van der Waals surface area contributed by atoms with Crippen LogP contribution in [-0.2, 0) is 16.2 Å². The van der Waals surface area contributed by atoms with Crippen LogP contribution in [0.5, 0.6) is 0 Å². The molecule has 168 valence electrons. The largest absolute Gasteiger partial charge is 0.593 e. The van der Waals surface area contributed by atoms with E-state index in [1.54, 1.807) is 6.07 Å². The Morgan fingerprint density at radius 3 is 2.65 bits per heavy atom. The predicted molar refractivity (Wildman–Crippen MR) is 127 cm³/mol.